The van der Waals surface area contributed by atoms with Gasteiger partial charge in [0, 0.05) is 23.5 Å². The predicted octanol–water partition coefficient (Wildman–Crippen LogP) is 4.13. The van der Waals surface area contributed by atoms with E-state index in [0.29, 0.717) is 16.4 Å². The highest BCUT2D eigenvalue weighted by Gasteiger charge is 2.12. The van der Waals surface area contributed by atoms with Crippen molar-refractivity contribution in [1.82, 2.24) is 14.3 Å². The molecule has 0 fully saturated rings. The second kappa shape index (κ2) is 8.34. The molecule has 2 aromatic carbocycles. The van der Waals surface area contributed by atoms with Gasteiger partial charge in [0.1, 0.15) is 5.82 Å². The smallest absolute Gasteiger partial charge is 0.276 e. The number of benzene rings is 2. The van der Waals surface area contributed by atoms with Crippen LogP contribution in [0.5, 0.6) is 0 Å². The molecule has 0 saturated heterocycles. The van der Waals surface area contributed by atoms with Crippen molar-refractivity contribution in [2.24, 2.45) is 0 Å². The molecular weight excluding hydrogens is 407 g/mol. The van der Waals surface area contributed by atoms with Gasteiger partial charge in [0.05, 0.1) is 17.9 Å². The molecule has 0 unspecified atom stereocenters. The van der Waals surface area contributed by atoms with Crippen molar-refractivity contribution in [3.05, 3.63) is 112 Å². The van der Waals surface area contributed by atoms with Gasteiger partial charge in [0.15, 0.2) is 5.69 Å². The summed E-state index contributed by atoms with van der Waals surface area (Å²) >= 11 is 6.18. The van der Waals surface area contributed by atoms with Gasteiger partial charge in [-0.15, -0.1) is 0 Å². The number of rotatable bonds is 5. The van der Waals surface area contributed by atoms with Crippen LogP contribution in [0, 0.1) is 5.82 Å². The van der Waals surface area contributed by atoms with Gasteiger partial charge in [-0.1, -0.05) is 29.8 Å². The summed E-state index contributed by atoms with van der Waals surface area (Å²) < 4.78 is 16.0. The van der Waals surface area contributed by atoms with Crippen LogP contribution in [0.3, 0.4) is 0 Å². The van der Waals surface area contributed by atoms with Crippen LogP contribution in [-0.4, -0.2) is 20.3 Å². The third-order valence-electron chi connectivity index (χ3n) is 4.45. The van der Waals surface area contributed by atoms with E-state index in [-0.39, 0.29) is 23.6 Å². The number of nitrogens with zero attached hydrogens (tertiary/aromatic N) is 3. The number of hydrogen-bond acceptors (Lipinski definition) is 3. The molecular formula is C22H16ClFN4O2. The number of carbonyl (C=O) groups excluding carboxylic acids is 1. The maximum absolute atomic E-state index is 13.1. The van der Waals surface area contributed by atoms with Crippen LogP contribution >= 0.6 is 11.6 Å². The monoisotopic (exact) mass is 422 g/mol. The highest BCUT2D eigenvalue weighted by Crippen LogP contribution is 2.16. The minimum Gasteiger partial charge on any atom is -0.319 e. The van der Waals surface area contributed by atoms with Crippen molar-refractivity contribution in [2.75, 3.05) is 5.32 Å². The van der Waals surface area contributed by atoms with E-state index in [9.17, 15) is 14.0 Å². The molecule has 0 aliphatic rings. The summed E-state index contributed by atoms with van der Waals surface area (Å²) in [6, 6.07) is 17.5. The van der Waals surface area contributed by atoms with Crippen LogP contribution in [0.15, 0.2) is 83.9 Å². The molecule has 8 heteroatoms. The van der Waals surface area contributed by atoms with Crippen molar-refractivity contribution in [2.45, 2.75) is 6.54 Å². The summed E-state index contributed by atoms with van der Waals surface area (Å²) in [5.74, 6) is -0.783. The molecule has 0 radical (unpaired) electrons. The van der Waals surface area contributed by atoms with E-state index in [1.54, 1.807) is 36.7 Å². The third-order valence-corrected chi connectivity index (χ3v) is 4.82. The van der Waals surface area contributed by atoms with Gasteiger partial charge in [-0.3, -0.25) is 9.59 Å². The molecule has 0 spiro atoms. The second-order valence-corrected chi connectivity index (χ2v) is 6.96. The molecule has 0 bridgehead atoms. The third kappa shape index (κ3) is 4.31. The molecule has 0 aliphatic carbocycles. The average Bonchev–Trinajstić information content (AvgIpc) is 3.23. The van der Waals surface area contributed by atoms with Crippen molar-refractivity contribution < 1.29 is 9.18 Å². The van der Waals surface area contributed by atoms with E-state index in [2.05, 4.69) is 10.4 Å². The molecule has 1 amide bonds. The second-order valence-electron chi connectivity index (χ2n) is 6.55. The Bertz CT molecular complexity index is 1260. The van der Waals surface area contributed by atoms with E-state index in [0.717, 1.165) is 5.56 Å². The first kappa shape index (κ1) is 19.6. The maximum Gasteiger partial charge on any atom is 0.276 e. The molecule has 2 heterocycles. The van der Waals surface area contributed by atoms with Crippen LogP contribution in [0.1, 0.15) is 16.1 Å². The molecule has 6 nitrogen and oxygen atoms in total. The van der Waals surface area contributed by atoms with Crippen LogP contribution in [-0.2, 0) is 6.54 Å². The van der Waals surface area contributed by atoms with Gasteiger partial charge in [-0.2, -0.15) is 5.10 Å². The summed E-state index contributed by atoms with van der Waals surface area (Å²) in [7, 11) is 0. The van der Waals surface area contributed by atoms with E-state index < -0.39 is 5.91 Å². The lowest BCUT2D eigenvalue weighted by atomic mass is 10.2. The van der Waals surface area contributed by atoms with E-state index in [1.165, 1.54) is 33.5 Å². The highest BCUT2D eigenvalue weighted by molar-refractivity contribution is 6.31. The predicted molar refractivity (Wildman–Crippen MR) is 113 cm³/mol. The molecule has 1 N–H and O–H groups in total. The van der Waals surface area contributed by atoms with Crippen molar-refractivity contribution in [3.63, 3.8) is 0 Å². The first-order chi connectivity index (χ1) is 14.5. The van der Waals surface area contributed by atoms with Gasteiger partial charge in [0.25, 0.3) is 11.5 Å². The van der Waals surface area contributed by atoms with E-state index in [1.807, 2.05) is 18.2 Å². The Labute approximate surface area is 176 Å². The Balaban J connectivity index is 1.52. The van der Waals surface area contributed by atoms with Gasteiger partial charge in [0.2, 0.25) is 0 Å². The number of hydrogen-bond donors (Lipinski definition) is 1. The maximum atomic E-state index is 13.1. The minimum absolute atomic E-state index is 0.183. The van der Waals surface area contributed by atoms with E-state index in [4.69, 9.17) is 11.6 Å². The topological polar surface area (TPSA) is 68.9 Å². The lowest BCUT2D eigenvalue weighted by Gasteiger charge is -2.10. The summed E-state index contributed by atoms with van der Waals surface area (Å²) in [6.45, 7) is 0.279. The van der Waals surface area contributed by atoms with Crippen molar-refractivity contribution in [3.8, 4) is 5.69 Å². The molecule has 0 atom stereocenters. The number of carbonyl (C=O) groups is 1. The Kier molecular flexibility index (Phi) is 5.45. The van der Waals surface area contributed by atoms with Crippen molar-refractivity contribution >= 4 is 23.2 Å². The largest absolute Gasteiger partial charge is 0.319 e. The summed E-state index contributed by atoms with van der Waals surface area (Å²) in [4.78, 5) is 24.8. The average molecular weight is 423 g/mol. The summed E-state index contributed by atoms with van der Waals surface area (Å²) in [6.07, 6.45) is 3.17. The van der Waals surface area contributed by atoms with Crippen LogP contribution in [0.25, 0.3) is 5.69 Å². The van der Waals surface area contributed by atoms with Crippen LogP contribution in [0.4, 0.5) is 10.1 Å². The Morgan fingerprint density at radius 2 is 1.80 bits per heavy atom. The fraction of sp³-hybridized carbons (Fsp3) is 0.0455. The molecule has 4 aromatic rings. The number of halogens is 2. The Morgan fingerprint density at radius 1 is 1.03 bits per heavy atom. The molecule has 150 valence electrons. The summed E-state index contributed by atoms with van der Waals surface area (Å²) in [5, 5.41) is 7.51. The SMILES string of the molecule is O=C(Nc1ccc(=O)n(Cc2ccccc2Cl)c1)c1ccn(-c2ccc(F)cc2)n1. The van der Waals surface area contributed by atoms with Crippen LogP contribution < -0.4 is 10.9 Å². The number of pyridine rings is 1. The normalized spacial score (nSPS) is 10.7. The lowest BCUT2D eigenvalue weighted by molar-refractivity contribution is 0.102. The number of aromatic nitrogens is 3. The van der Waals surface area contributed by atoms with Gasteiger partial charge in [-0.25, -0.2) is 9.07 Å². The van der Waals surface area contributed by atoms with E-state index >= 15 is 0 Å². The zero-order valence-corrected chi connectivity index (χ0v) is 16.4. The van der Waals surface area contributed by atoms with Crippen molar-refractivity contribution in [1.29, 1.82) is 0 Å². The summed E-state index contributed by atoms with van der Waals surface area (Å²) in [5.41, 5.74) is 1.84. The fourth-order valence-electron chi connectivity index (χ4n) is 2.92. The quantitative estimate of drug-likeness (QED) is 0.526. The number of anilines is 1. The standard InChI is InChI=1S/C22H16ClFN4O2/c23-19-4-2-1-3-15(19)13-27-14-17(7-10-21(27)29)25-22(30)20-11-12-28(26-20)18-8-5-16(24)6-9-18/h1-12,14H,13H2,(H,25,30). The Morgan fingerprint density at radius 3 is 2.57 bits per heavy atom. The zero-order valence-electron chi connectivity index (χ0n) is 15.6. The van der Waals surface area contributed by atoms with Crippen LogP contribution in [0.2, 0.25) is 5.02 Å². The minimum atomic E-state index is -0.432. The molecule has 4 rings (SSSR count). The Hall–Kier alpha value is -3.71. The number of nitrogens with one attached hydrogen (secondary N) is 1. The molecule has 30 heavy (non-hydrogen) atoms. The van der Waals surface area contributed by atoms with Gasteiger partial charge < -0.3 is 9.88 Å². The molecule has 0 saturated carbocycles. The first-order valence-corrected chi connectivity index (χ1v) is 9.44. The first-order valence-electron chi connectivity index (χ1n) is 9.06. The highest BCUT2D eigenvalue weighted by atomic mass is 35.5. The lowest BCUT2D eigenvalue weighted by Crippen LogP contribution is -2.21. The fourth-order valence-corrected chi connectivity index (χ4v) is 3.11. The number of amides is 1. The molecule has 0 aliphatic heterocycles. The molecule has 2 aromatic heterocycles. The van der Waals surface area contributed by atoms with Gasteiger partial charge in [-0.05, 0) is 48.0 Å². The van der Waals surface area contributed by atoms with Gasteiger partial charge >= 0.3 is 0 Å². The zero-order chi connectivity index (χ0) is 21.1.